The van der Waals surface area contributed by atoms with Gasteiger partial charge in [-0.2, -0.15) is 0 Å². The van der Waals surface area contributed by atoms with Crippen molar-refractivity contribution in [2.24, 2.45) is 11.8 Å². The summed E-state index contributed by atoms with van der Waals surface area (Å²) in [5, 5.41) is 3.02. The van der Waals surface area contributed by atoms with Crippen LogP contribution in [0, 0.1) is 11.8 Å². The van der Waals surface area contributed by atoms with Crippen LogP contribution in [0.2, 0.25) is 0 Å². The molecule has 3 rings (SSSR count). The van der Waals surface area contributed by atoms with E-state index in [1.54, 1.807) is 14.0 Å². The Morgan fingerprint density at radius 3 is 2.50 bits per heavy atom. The van der Waals surface area contributed by atoms with Gasteiger partial charge in [0.15, 0.2) is 0 Å². The molecule has 2 aliphatic heterocycles. The number of amides is 3. The van der Waals surface area contributed by atoms with E-state index in [0.29, 0.717) is 18.4 Å². The van der Waals surface area contributed by atoms with Crippen LogP contribution >= 0.6 is 0 Å². The zero-order valence-electron chi connectivity index (χ0n) is 15.7. The smallest absolute Gasteiger partial charge is 0.317 e. The van der Waals surface area contributed by atoms with Gasteiger partial charge in [-0.1, -0.05) is 12.1 Å². The highest BCUT2D eigenvalue weighted by Gasteiger charge is 2.34. The summed E-state index contributed by atoms with van der Waals surface area (Å²) in [6, 6.07) is 7.76. The molecule has 6 heteroatoms. The van der Waals surface area contributed by atoms with Crippen molar-refractivity contribution in [3.63, 3.8) is 0 Å². The van der Waals surface area contributed by atoms with Crippen molar-refractivity contribution in [2.75, 3.05) is 33.3 Å². The maximum atomic E-state index is 12.5. The summed E-state index contributed by atoms with van der Waals surface area (Å²) in [6.07, 6.45) is 3.18. The van der Waals surface area contributed by atoms with Gasteiger partial charge >= 0.3 is 6.03 Å². The van der Waals surface area contributed by atoms with E-state index >= 15 is 0 Å². The lowest BCUT2D eigenvalue weighted by atomic mass is 9.84. The minimum atomic E-state index is 0.0106. The third-order valence-corrected chi connectivity index (χ3v) is 5.74. The largest absolute Gasteiger partial charge is 0.497 e. The molecule has 1 aromatic carbocycles. The van der Waals surface area contributed by atoms with Crippen LogP contribution in [0.5, 0.6) is 5.75 Å². The second-order valence-corrected chi connectivity index (χ2v) is 7.35. The third-order valence-electron chi connectivity index (χ3n) is 5.74. The summed E-state index contributed by atoms with van der Waals surface area (Å²) in [5.41, 5.74) is 1.03. The standard InChI is InChI=1S/C20H29N3O3/c1-15(24)22-9-6-17(7-10-22)18-8-11-23(14-18)20(25)21-13-16-4-3-5-19(12-16)26-2/h3-5,12,17-18H,6-11,13-14H2,1-2H3,(H,21,25). The predicted molar refractivity (Wildman–Crippen MR) is 99.9 cm³/mol. The number of carbonyl (C=O) groups excluding carboxylic acids is 2. The van der Waals surface area contributed by atoms with E-state index in [2.05, 4.69) is 5.32 Å². The van der Waals surface area contributed by atoms with E-state index < -0.39 is 0 Å². The van der Waals surface area contributed by atoms with Crippen molar-refractivity contribution in [1.82, 2.24) is 15.1 Å². The van der Waals surface area contributed by atoms with Gasteiger partial charge in [0, 0.05) is 39.6 Å². The molecule has 2 heterocycles. The molecule has 0 spiro atoms. The van der Waals surface area contributed by atoms with E-state index in [1.807, 2.05) is 34.1 Å². The first-order valence-corrected chi connectivity index (χ1v) is 9.48. The molecule has 1 N–H and O–H groups in total. The number of nitrogens with zero attached hydrogens (tertiary/aromatic N) is 2. The molecule has 0 saturated carbocycles. The van der Waals surface area contributed by atoms with Crippen molar-refractivity contribution >= 4 is 11.9 Å². The fraction of sp³-hybridized carbons (Fsp3) is 0.600. The van der Waals surface area contributed by atoms with Crippen LogP contribution in [-0.2, 0) is 11.3 Å². The van der Waals surface area contributed by atoms with Gasteiger partial charge in [-0.15, -0.1) is 0 Å². The fourth-order valence-corrected chi connectivity index (χ4v) is 4.11. The minimum Gasteiger partial charge on any atom is -0.497 e. The first-order chi connectivity index (χ1) is 12.6. The Labute approximate surface area is 155 Å². The third kappa shape index (κ3) is 4.48. The highest BCUT2D eigenvalue weighted by atomic mass is 16.5. The monoisotopic (exact) mass is 359 g/mol. The quantitative estimate of drug-likeness (QED) is 0.898. The molecule has 1 aromatic rings. The molecule has 0 bridgehead atoms. The van der Waals surface area contributed by atoms with Gasteiger partial charge in [-0.25, -0.2) is 4.79 Å². The molecule has 2 fully saturated rings. The zero-order valence-corrected chi connectivity index (χ0v) is 15.7. The first-order valence-electron chi connectivity index (χ1n) is 9.48. The maximum Gasteiger partial charge on any atom is 0.317 e. The topological polar surface area (TPSA) is 61.9 Å². The number of benzene rings is 1. The van der Waals surface area contributed by atoms with Gasteiger partial charge in [0.1, 0.15) is 5.75 Å². The molecule has 0 radical (unpaired) electrons. The van der Waals surface area contributed by atoms with Gasteiger partial charge in [0.05, 0.1) is 7.11 Å². The zero-order chi connectivity index (χ0) is 18.5. The number of hydrogen-bond donors (Lipinski definition) is 1. The molecule has 142 valence electrons. The SMILES string of the molecule is COc1cccc(CNC(=O)N2CCC(C3CCN(C(C)=O)CC3)C2)c1. The molecular weight excluding hydrogens is 330 g/mol. The fourth-order valence-electron chi connectivity index (χ4n) is 4.11. The van der Waals surface area contributed by atoms with Gasteiger partial charge in [-0.3, -0.25) is 4.79 Å². The van der Waals surface area contributed by atoms with Crippen LogP contribution in [0.25, 0.3) is 0 Å². The van der Waals surface area contributed by atoms with Crippen LogP contribution < -0.4 is 10.1 Å². The summed E-state index contributed by atoms with van der Waals surface area (Å²) in [5.74, 6) is 2.16. The molecule has 1 unspecified atom stereocenters. The van der Waals surface area contributed by atoms with Crippen molar-refractivity contribution in [3.05, 3.63) is 29.8 Å². The molecule has 2 saturated heterocycles. The summed E-state index contributed by atoms with van der Waals surface area (Å²) >= 11 is 0. The predicted octanol–water partition coefficient (Wildman–Crippen LogP) is 2.49. The van der Waals surface area contributed by atoms with Crippen LogP contribution in [0.15, 0.2) is 24.3 Å². The van der Waals surface area contributed by atoms with Crippen LogP contribution in [0.1, 0.15) is 31.7 Å². The maximum absolute atomic E-state index is 12.5. The molecule has 3 amide bonds. The van der Waals surface area contributed by atoms with E-state index in [4.69, 9.17) is 4.74 Å². The highest BCUT2D eigenvalue weighted by Crippen LogP contribution is 2.31. The minimum absolute atomic E-state index is 0.0106. The van der Waals surface area contributed by atoms with Gasteiger partial charge in [0.2, 0.25) is 5.91 Å². The number of piperidine rings is 1. The Morgan fingerprint density at radius 2 is 1.81 bits per heavy atom. The molecule has 0 aromatic heterocycles. The molecule has 1 atom stereocenters. The lowest BCUT2D eigenvalue weighted by molar-refractivity contribution is -0.130. The van der Waals surface area contributed by atoms with Crippen LogP contribution in [-0.4, -0.2) is 55.0 Å². The molecule has 2 aliphatic rings. The summed E-state index contributed by atoms with van der Waals surface area (Å²) in [7, 11) is 1.64. The number of likely N-dealkylation sites (tertiary alicyclic amines) is 2. The highest BCUT2D eigenvalue weighted by molar-refractivity contribution is 5.74. The molecule has 6 nitrogen and oxygen atoms in total. The number of ether oxygens (including phenoxy) is 1. The summed E-state index contributed by atoms with van der Waals surface area (Å²) < 4.78 is 5.22. The van der Waals surface area contributed by atoms with Crippen molar-refractivity contribution < 1.29 is 14.3 Å². The number of hydrogen-bond acceptors (Lipinski definition) is 3. The van der Waals surface area contributed by atoms with Crippen molar-refractivity contribution in [1.29, 1.82) is 0 Å². The molecule has 0 aliphatic carbocycles. The lowest BCUT2D eigenvalue weighted by Gasteiger charge is -2.34. The lowest BCUT2D eigenvalue weighted by Crippen LogP contribution is -2.41. The number of methoxy groups -OCH3 is 1. The van der Waals surface area contributed by atoms with E-state index in [9.17, 15) is 9.59 Å². The second-order valence-electron chi connectivity index (χ2n) is 7.35. The Morgan fingerprint density at radius 1 is 1.12 bits per heavy atom. The van der Waals surface area contributed by atoms with E-state index in [-0.39, 0.29) is 11.9 Å². The Kier molecular flexibility index (Phi) is 6.01. The van der Waals surface area contributed by atoms with Crippen LogP contribution in [0.4, 0.5) is 4.79 Å². The second kappa shape index (κ2) is 8.43. The van der Waals surface area contributed by atoms with Gasteiger partial charge in [-0.05, 0) is 48.8 Å². The van der Waals surface area contributed by atoms with E-state index in [1.165, 1.54) is 0 Å². The summed E-state index contributed by atoms with van der Waals surface area (Å²) in [6.45, 7) is 5.52. The average molecular weight is 359 g/mol. The molecule has 26 heavy (non-hydrogen) atoms. The normalized spacial score (nSPS) is 20.9. The first kappa shape index (κ1) is 18.5. The van der Waals surface area contributed by atoms with Crippen LogP contribution in [0.3, 0.4) is 0 Å². The van der Waals surface area contributed by atoms with E-state index in [0.717, 1.165) is 56.8 Å². The van der Waals surface area contributed by atoms with Crippen molar-refractivity contribution in [2.45, 2.75) is 32.7 Å². The number of urea groups is 1. The Hall–Kier alpha value is -2.24. The summed E-state index contributed by atoms with van der Waals surface area (Å²) in [4.78, 5) is 27.8. The Balaban J connectivity index is 1.44. The van der Waals surface area contributed by atoms with Crippen molar-refractivity contribution in [3.8, 4) is 5.75 Å². The molecular formula is C20H29N3O3. The number of carbonyl (C=O) groups is 2. The van der Waals surface area contributed by atoms with Gasteiger partial charge < -0.3 is 19.9 Å². The number of nitrogens with one attached hydrogen (secondary N) is 1. The number of rotatable bonds is 4. The average Bonchev–Trinajstić information content (AvgIpc) is 3.16. The van der Waals surface area contributed by atoms with Gasteiger partial charge in [0.25, 0.3) is 0 Å². The Bertz CT molecular complexity index is 641.